The van der Waals surface area contributed by atoms with Crippen molar-refractivity contribution in [1.82, 2.24) is 0 Å². The quantitative estimate of drug-likeness (QED) is 0.476. The Hall–Kier alpha value is 0.716. The van der Waals surface area contributed by atoms with Crippen LogP contribution in [-0.2, 0) is 9.53 Å². The molecule has 0 aliphatic rings. The van der Waals surface area contributed by atoms with Gasteiger partial charge in [-0.3, -0.25) is 0 Å². The minimum atomic E-state index is 0. The van der Waals surface area contributed by atoms with Gasteiger partial charge in [0.05, 0.1) is 0 Å². The summed E-state index contributed by atoms with van der Waals surface area (Å²) >= 11 is 0. The Morgan fingerprint density at radius 1 is 1.67 bits per heavy atom. The second-order valence-corrected chi connectivity index (χ2v) is 0.787. The Balaban J connectivity index is -0.0000000233. The number of methoxy groups -OCH3 is 1. The van der Waals surface area contributed by atoms with E-state index in [0.29, 0.717) is 0 Å². The van der Waals surface area contributed by atoms with Crippen molar-refractivity contribution in [2.24, 2.45) is 0 Å². The summed E-state index contributed by atoms with van der Waals surface area (Å²) < 4.78 is 3.74. The molecule has 52 valence electrons. The van der Waals surface area contributed by atoms with Gasteiger partial charge in [-0.2, -0.15) is 6.42 Å². The maximum atomic E-state index is 8.83. The van der Waals surface area contributed by atoms with Crippen LogP contribution < -0.4 is 0 Å². The molecule has 0 aromatic rings. The number of hydrogen-bond donors (Lipinski definition) is 0. The molecule has 0 saturated carbocycles. The molecule has 0 fully saturated rings. The molecule has 0 aromatic heterocycles. The van der Waals surface area contributed by atoms with Gasteiger partial charge >= 0.3 is 23.1 Å². The van der Waals surface area contributed by atoms with Crippen LogP contribution in [0.1, 0.15) is 13.3 Å². The topological polar surface area (TPSA) is 26.3 Å². The molecule has 2 nitrogen and oxygen atoms in total. The molecule has 0 radical (unpaired) electrons. The van der Waals surface area contributed by atoms with Crippen LogP contribution in [0.15, 0.2) is 0 Å². The van der Waals surface area contributed by atoms with Crippen LogP contribution in [0.25, 0.3) is 0 Å². The number of ether oxygens (including phenoxy) is 1. The van der Waals surface area contributed by atoms with Gasteiger partial charge in [0.25, 0.3) is 0 Å². The summed E-state index contributed by atoms with van der Waals surface area (Å²) in [7, 11) is 1.26. The van der Waals surface area contributed by atoms with Crippen molar-refractivity contribution in [1.29, 1.82) is 0 Å². The molecule has 0 N–H and O–H groups in total. The first-order valence-corrected chi connectivity index (χ1v) is 2.02. The normalized spacial score (nSPS) is 4.33. The smallest absolute Gasteiger partial charge is 0.655 e. The monoisotopic (exact) mass is 206 g/mol. The predicted octanol–water partition coefficient (Wildman–Crippen LogP) is 1.13. The maximum Gasteiger partial charge on any atom is 2.00 e. The van der Waals surface area contributed by atoms with Gasteiger partial charge < -0.3 is 16.5 Å². The molecule has 0 unspecified atom stereocenters. The molecule has 0 bridgehead atoms. The van der Waals surface area contributed by atoms with Crippen LogP contribution in [0.2, 0.25) is 0 Å². The van der Waals surface area contributed by atoms with Crippen molar-refractivity contribution in [3.63, 3.8) is 0 Å². The Morgan fingerprint density at radius 3 is 1.78 bits per heavy atom. The largest absolute Gasteiger partial charge is 2.00 e. The van der Waals surface area contributed by atoms with Gasteiger partial charge in [-0.1, -0.05) is 13.4 Å². The van der Waals surface area contributed by atoms with Gasteiger partial charge in [-0.05, 0) is 0 Å². The number of rotatable bonds is 1. The van der Waals surface area contributed by atoms with Crippen molar-refractivity contribution >= 4 is 46.5 Å². The van der Waals surface area contributed by atoms with E-state index in [9.17, 15) is 0 Å². The molecule has 9 heavy (non-hydrogen) atoms. The molecule has 0 saturated heterocycles. The SMILES string of the molecule is Br.CO[C-]=O.[CH2-]CC.[Mg+2]. The van der Waals surface area contributed by atoms with E-state index in [1.54, 1.807) is 0 Å². The van der Waals surface area contributed by atoms with Gasteiger partial charge in [0.15, 0.2) is 0 Å². The molecule has 0 atom stereocenters. The second kappa shape index (κ2) is 37.6. The maximum absolute atomic E-state index is 8.83. The number of halogens is 1. The molecule has 0 aromatic carbocycles. The fraction of sp³-hybridized carbons (Fsp3) is 0.600. The third-order valence-corrected chi connectivity index (χ3v) is 0.0833. The minimum absolute atomic E-state index is 0. The average Bonchev–Trinajstić information content (AvgIpc) is 1.69. The summed E-state index contributed by atoms with van der Waals surface area (Å²) in [5.41, 5.74) is 0. The zero-order chi connectivity index (χ0) is 6.12. The predicted molar refractivity (Wildman–Crippen MR) is 44.4 cm³/mol. The summed E-state index contributed by atoms with van der Waals surface area (Å²) in [6, 6.07) is 0. The molecule has 0 aliphatic carbocycles. The van der Waals surface area contributed by atoms with Crippen molar-refractivity contribution in [2.45, 2.75) is 13.3 Å². The fourth-order valence-corrected chi connectivity index (χ4v) is 0. The van der Waals surface area contributed by atoms with Gasteiger partial charge in [0, 0.05) is 7.11 Å². The van der Waals surface area contributed by atoms with Crippen molar-refractivity contribution in [3.05, 3.63) is 6.92 Å². The van der Waals surface area contributed by atoms with Crippen LogP contribution in [0.3, 0.4) is 0 Å². The van der Waals surface area contributed by atoms with Crippen LogP contribution in [0, 0.1) is 6.92 Å². The van der Waals surface area contributed by atoms with Gasteiger partial charge in [-0.15, -0.1) is 17.0 Å². The van der Waals surface area contributed by atoms with E-state index >= 15 is 0 Å². The van der Waals surface area contributed by atoms with Crippen LogP contribution in [0.4, 0.5) is 0 Å². The van der Waals surface area contributed by atoms with Crippen LogP contribution >= 0.6 is 17.0 Å². The van der Waals surface area contributed by atoms with Crippen LogP contribution in [0.5, 0.6) is 0 Å². The van der Waals surface area contributed by atoms with Crippen molar-refractivity contribution in [3.8, 4) is 0 Å². The summed E-state index contributed by atoms with van der Waals surface area (Å²) in [6.45, 7) is 6.68. The number of carbonyl (C=O) groups excluding carboxylic acids is 1. The average molecular weight is 207 g/mol. The zero-order valence-electron chi connectivity index (χ0n) is 5.85. The molecule has 0 aliphatic heterocycles. The Labute approximate surface area is 83.3 Å². The molecule has 4 heteroatoms. The fourth-order valence-electron chi connectivity index (χ4n) is 0. The van der Waals surface area contributed by atoms with Crippen molar-refractivity contribution in [2.75, 3.05) is 7.11 Å². The van der Waals surface area contributed by atoms with Gasteiger partial charge in [-0.25, -0.2) is 0 Å². The van der Waals surface area contributed by atoms with Crippen molar-refractivity contribution < 1.29 is 9.53 Å². The summed E-state index contributed by atoms with van der Waals surface area (Å²) in [5, 5.41) is 0. The Bertz CT molecular complexity index is 36.1. The Morgan fingerprint density at radius 2 is 1.78 bits per heavy atom. The third kappa shape index (κ3) is 133. The standard InChI is InChI=1S/C3H7.C2H3O2.BrH.Mg/c1-3-2;1-4-2-3;;/h1,3H2,2H3;1H3;1H;/q2*-1;;+2. The molecule has 0 heterocycles. The van der Waals surface area contributed by atoms with E-state index in [1.807, 2.05) is 6.92 Å². The first kappa shape index (κ1) is 22.6. The van der Waals surface area contributed by atoms with Crippen LogP contribution in [-0.4, -0.2) is 36.6 Å². The van der Waals surface area contributed by atoms with Gasteiger partial charge in [0.2, 0.25) is 0 Å². The molecular weight excluding hydrogens is 196 g/mol. The van der Waals surface area contributed by atoms with E-state index in [0.717, 1.165) is 6.42 Å². The van der Waals surface area contributed by atoms with E-state index in [1.165, 1.54) is 13.6 Å². The summed E-state index contributed by atoms with van der Waals surface area (Å²) in [6.07, 6.45) is 1.00. The summed E-state index contributed by atoms with van der Waals surface area (Å²) in [5.74, 6) is 0. The van der Waals surface area contributed by atoms with E-state index in [4.69, 9.17) is 4.79 Å². The first-order chi connectivity index (χ1) is 3.33. The zero-order valence-corrected chi connectivity index (χ0v) is 8.97. The summed E-state index contributed by atoms with van der Waals surface area (Å²) in [4.78, 5) is 8.83. The Kier molecular flexibility index (Phi) is 94.3. The first-order valence-electron chi connectivity index (χ1n) is 2.02. The number of hydrogen-bond acceptors (Lipinski definition) is 2. The molecule has 0 amide bonds. The van der Waals surface area contributed by atoms with E-state index in [-0.39, 0.29) is 40.0 Å². The van der Waals surface area contributed by atoms with Gasteiger partial charge in [0.1, 0.15) is 0 Å². The third-order valence-electron chi connectivity index (χ3n) is 0.0833. The molecule has 0 rings (SSSR count). The molecule has 0 spiro atoms. The second-order valence-electron chi connectivity index (χ2n) is 0.787. The van der Waals surface area contributed by atoms with E-state index in [2.05, 4.69) is 11.7 Å². The van der Waals surface area contributed by atoms with E-state index < -0.39 is 0 Å². The molecular formula is C5H11BrMgO2. The minimum Gasteiger partial charge on any atom is -0.655 e.